The van der Waals surface area contributed by atoms with E-state index in [0.717, 1.165) is 17.0 Å². The first-order chi connectivity index (χ1) is 16.8. The van der Waals surface area contributed by atoms with E-state index in [0.29, 0.717) is 38.6 Å². The number of H-pyrrole nitrogens is 1. The second-order valence-electron chi connectivity index (χ2n) is 10.00. The average Bonchev–Trinajstić information content (AvgIpc) is 3.41. The summed E-state index contributed by atoms with van der Waals surface area (Å²) in [6, 6.07) is 7.34. The number of benzene rings is 1. The van der Waals surface area contributed by atoms with Crippen molar-refractivity contribution in [3.63, 3.8) is 0 Å². The molecule has 0 bridgehead atoms. The molecule has 0 radical (unpaired) electrons. The molecule has 0 saturated carbocycles. The largest absolute Gasteiger partial charge is 0.344 e. The summed E-state index contributed by atoms with van der Waals surface area (Å²) in [5.41, 5.74) is 2.49. The monoisotopic (exact) mass is 480 g/mol. The van der Waals surface area contributed by atoms with Crippen LogP contribution in [0.3, 0.4) is 0 Å². The number of amides is 3. The number of aryl methyl sites for hydroxylation is 1. The number of hydrogen-bond donors (Lipinski definition) is 1. The molecule has 0 spiro atoms. The Hall–Kier alpha value is -3.29. The molecule has 1 aliphatic heterocycles. The van der Waals surface area contributed by atoms with Gasteiger partial charge in [-0.15, -0.1) is 0 Å². The number of rotatable bonds is 9. The van der Waals surface area contributed by atoms with Crippen LogP contribution in [-0.4, -0.2) is 57.4 Å². The van der Waals surface area contributed by atoms with Crippen molar-refractivity contribution < 1.29 is 18.8 Å². The van der Waals surface area contributed by atoms with Crippen LogP contribution in [-0.2, 0) is 20.8 Å². The predicted molar refractivity (Wildman–Crippen MR) is 130 cm³/mol. The number of aromatic nitrogens is 2. The number of allylic oxidation sites excluding steroid dienone is 2. The molecule has 1 aromatic carbocycles. The van der Waals surface area contributed by atoms with Gasteiger partial charge in [0.15, 0.2) is 0 Å². The Kier molecular flexibility index (Phi) is 7.48. The van der Waals surface area contributed by atoms with Crippen LogP contribution in [0.15, 0.2) is 42.5 Å². The van der Waals surface area contributed by atoms with Gasteiger partial charge in [0.05, 0.1) is 17.5 Å². The zero-order chi connectivity index (χ0) is 25.1. The quantitative estimate of drug-likeness (QED) is 0.435. The zero-order valence-corrected chi connectivity index (χ0v) is 20.5. The molecule has 4 rings (SSSR count). The Morgan fingerprint density at radius 2 is 1.77 bits per heavy atom. The van der Waals surface area contributed by atoms with E-state index in [9.17, 15) is 18.8 Å². The summed E-state index contributed by atoms with van der Waals surface area (Å²) in [6.07, 6.45) is 6.87. The summed E-state index contributed by atoms with van der Waals surface area (Å²) >= 11 is 0. The summed E-state index contributed by atoms with van der Waals surface area (Å²) in [5.74, 6) is -1.41. The smallest absolute Gasteiger partial charge is 0.245 e. The second kappa shape index (κ2) is 10.5. The molecule has 2 heterocycles. The number of likely N-dealkylation sites (tertiary alicyclic amines) is 1. The Morgan fingerprint density at radius 1 is 1.14 bits per heavy atom. The third-order valence-electron chi connectivity index (χ3n) is 6.92. The van der Waals surface area contributed by atoms with Crippen LogP contribution in [0.1, 0.15) is 45.2 Å². The molecule has 1 aliphatic carbocycles. The van der Waals surface area contributed by atoms with Crippen molar-refractivity contribution >= 4 is 17.7 Å². The number of aromatic amines is 1. The molecule has 0 unspecified atom stereocenters. The second-order valence-corrected chi connectivity index (χ2v) is 10.00. The van der Waals surface area contributed by atoms with Gasteiger partial charge in [-0.25, -0.2) is 4.39 Å². The van der Waals surface area contributed by atoms with Gasteiger partial charge in [0.25, 0.3) is 0 Å². The van der Waals surface area contributed by atoms with Crippen LogP contribution >= 0.6 is 0 Å². The number of nitrogens with zero attached hydrogens (tertiary/aromatic N) is 3. The molecule has 186 valence electrons. The normalized spacial score (nSPS) is 20.4. The van der Waals surface area contributed by atoms with Crippen LogP contribution in [0.25, 0.3) is 11.3 Å². The van der Waals surface area contributed by atoms with Gasteiger partial charge >= 0.3 is 0 Å². The molecule has 3 atom stereocenters. The number of hydrogen-bond acceptors (Lipinski definition) is 4. The molecule has 1 fully saturated rings. The minimum atomic E-state index is -0.761. The maximum atomic E-state index is 13.4. The number of likely N-dealkylation sites (N-methyl/N-ethyl adjacent to an activating group) is 1. The molecule has 1 saturated heterocycles. The molecule has 2 aliphatic rings. The number of halogens is 1. The highest BCUT2D eigenvalue weighted by Gasteiger charge is 2.51. The number of fused-ring (bicyclic) bond motifs is 1. The number of carbonyl (C=O) groups is 3. The lowest BCUT2D eigenvalue weighted by molar-refractivity contribution is -0.151. The molecule has 7 nitrogen and oxygen atoms in total. The summed E-state index contributed by atoms with van der Waals surface area (Å²) in [4.78, 5) is 42.5. The maximum Gasteiger partial charge on any atom is 0.245 e. The highest BCUT2D eigenvalue weighted by molar-refractivity contribution is 6.08. The lowest BCUT2D eigenvalue weighted by Crippen LogP contribution is -2.51. The van der Waals surface area contributed by atoms with Gasteiger partial charge in [-0.2, -0.15) is 5.10 Å². The van der Waals surface area contributed by atoms with Crippen molar-refractivity contribution in [3.8, 4) is 11.3 Å². The van der Waals surface area contributed by atoms with E-state index in [4.69, 9.17) is 0 Å². The lowest BCUT2D eigenvalue weighted by atomic mass is 9.85. The van der Waals surface area contributed by atoms with Crippen molar-refractivity contribution in [2.75, 3.05) is 13.6 Å². The van der Waals surface area contributed by atoms with Gasteiger partial charge in [-0.3, -0.25) is 24.4 Å². The van der Waals surface area contributed by atoms with E-state index in [-0.39, 0.29) is 41.3 Å². The Morgan fingerprint density at radius 3 is 2.37 bits per heavy atom. The SMILES string of the molecule is CC(C)C[C@@H](C(=O)N(C)CCCc1cc(-c2ccc(F)cc2)n[nH]1)N1C(=O)[C@H]2CC=CC[C@H]2C1=O. The van der Waals surface area contributed by atoms with E-state index in [2.05, 4.69) is 10.2 Å². The third-order valence-corrected chi connectivity index (χ3v) is 6.92. The highest BCUT2D eigenvalue weighted by Crippen LogP contribution is 2.37. The summed E-state index contributed by atoms with van der Waals surface area (Å²) in [6.45, 7) is 4.48. The van der Waals surface area contributed by atoms with Crippen molar-refractivity contribution in [2.45, 2.75) is 52.0 Å². The number of imide groups is 1. The first kappa shape index (κ1) is 24.8. The minimum absolute atomic E-state index is 0.161. The number of nitrogens with one attached hydrogen (secondary N) is 1. The zero-order valence-electron chi connectivity index (χ0n) is 20.5. The van der Waals surface area contributed by atoms with E-state index in [1.165, 1.54) is 17.0 Å². The molecule has 35 heavy (non-hydrogen) atoms. The van der Waals surface area contributed by atoms with Crippen molar-refractivity contribution in [1.82, 2.24) is 20.0 Å². The van der Waals surface area contributed by atoms with Crippen LogP contribution in [0.4, 0.5) is 4.39 Å². The Balaban J connectivity index is 1.37. The fraction of sp³-hybridized carbons (Fsp3) is 0.481. The Labute approximate surface area is 205 Å². The van der Waals surface area contributed by atoms with E-state index in [1.807, 2.05) is 32.1 Å². The molecule has 3 amide bonds. The third kappa shape index (κ3) is 5.36. The van der Waals surface area contributed by atoms with Gasteiger partial charge in [0.2, 0.25) is 17.7 Å². The first-order valence-electron chi connectivity index (χ1n) is 12.3. The summed E-state index contributed by atoms with van der Waals surface area (Å²) in [5, 5.41) is 7.30. The van der Waals surface area contributed by atoms with Crippen LogP contribution in [0, 0.1) is 23.6 Å². The topological polar surface area (TPSA) is 86.4 Å². The van der Waals surface area contributed by atoms with Crippen LogP contribution < -0.4 is 0 Å². The Bertz CT molecular complexity index is 1080. The van der Waals surface area contributed by atoms with E-state index in [1.54, 1.807) is 24.1 Å². The van der Waals surface area contributed by atoms with Crippen LogP contribution in [0.2, 0.25) is 0 Å². The van der Waals surface area contributed by atoms with E-state index >= 15 is 0 Å². The molecule has 8 heteroatoms. The first-order valence-corrected chi connectivity index (χ1v) is 12.3. The molecule has 1 N–H and O–H groups in total. The fourth-order valence-corrected chi connectivity index (χ4v) is 5.03. The molecular formula is C27H33FN4O3. The number of carbonyl (C=O) groups excluding carboxylic acids is 3. The highest BCUT2D eigenvalue weighted by atomic mass is 19.1. The van der Waals surface area contributed by atoms with E-state index < -0.39 is 6.04 Å². The van der Waals surface area contributed by atoms with Gasteiger partial charge in [-0.1, -0.05) is 26.0 Å². The summed E-state index contributed by atoms with van der Waals surface area (Å²) < 4.78 is 13.2. The lowest BCUT2D eigenvalue weighted by Gasteiger charge is -2.31. The van der Waals surface area contributed by atoms with Gasteiger partial charge in [0, 0.05) is 24.8 Å². The van der Waals surface area contributed by atoms with Crippen LogP contribution in [0.5, 0.6) is 0 Å². The van der Waals surface area contributed by atoms with Gasteiger partial charge in [0.1, 0.15) is 11.9 Å². The van der Waals surface area contributed by atoms with Gasteiger partial charge in [-0.05, 0) is 68.4 Å². The van der Waals surface area contributed by atoms with Crippen molar-refractivity contribution in [1.29, 1.82) is 0 Å². The average molecular weight is 481 g/mol. The molecule has 1 aromatic heterocycles. The predicted octanol–water partition coefficient (Wildman–Crippen LogP) is 3.97. The fourth-order valence-electron chi connectivity index (χ4n) is 5.03. The van der Waals surface area contributed by atoms with Crippen molar-refractivity contribution in [3.05, 3.63) is 54.0 Å². The molecular weight excluding hydrogens is 447 g/mol. The molecule has 2 aromatic rings. The van der Waals surface area contributed by atoms with Gasteiger partial charge < -0.3 is 4.90 Å². The minimum Gasteiger partial charge on any atom is -0.344 e. The standard InChI is InChI=1S/C27H33FN4O3/c1-17(2)15-24(32-25(33)21-8-4-5-9-22(21)26(32)34)27(35)31(3)14-6-7-20-16-23(30-29-20)18-10-12-19(28)13-11-18/h4-5,10-13,16-17,21-22,24H,6-9,14-15H2,1-3H3,(H,29,30)/t21-,22+,24-/m0/s1. The summed E-state index contributed by atoms with van der Waals surface area (Å²) in [7, 11) is 1.73. The van der Waals surface area contributed by atoms with Crippen molar-refractivity contribution in [2.24, 2.45) is 17.8 Å². The maximum absolute atomic E-state index is 13.4.